The molecule has 2 rings (SSSR count). The van der Waals surface area contributed by atoms with Gasteiger partial charge in [0.25, 0.3) is 5.91 Å². The van der Waals surface area contributed by atoms with Crippen LogP contribution in [-0.2, 0) is 4.79 Å². The van der Waals surface area contributed by atoms with Crippen LogP contribution >= 0.6 is 11.6 Å². The number of ether oxygens (including phenoxy) is 1. The highest BCUT2D eigenvalue weighted by Gasteiger charge is 2.23. The van der Waals surface area contributed by atoms with Crippen LogP contribution in [0.1, 0.15) is 29.6 Å². The van der Waals surface area contributed by atoms with Gasteiger partial charge < -0.3 is 15.0 Å². The summed E-state index contributed by atoms with van der Waals surface area (Å²) in [5.41, 5.74) is 0.583. The lowest BCUT2D eigenvalue weighted by atomic mass is 10.0. The Morgan fingerprint density at radius 3 is 2.73 bits per heavy atom. The molecule has 1 aliphatic heterocycles. The lowest BCUT2D eigenvalue weighted by Gasteiger charge is -2.32. The van der Waals surface area contributed by atoms with Crippen LogP contribution in [0.2, 0.25) is 0 Å². The highest BCUT2D eigenvalue weighted by atomic mass is 35.5. The Hall–Kier alpha value is -1.75. The summed E-state index contributed by atoms with van der Waals surface area (Å²) >= 11 is 5.59. The summed E-state index contributed by atoms with van der Waals surface area (Å²) in [5, 5.41) is 3.02. The van der Waals surface area contributed by atoms with Crippen molar-refractivity contribution in [2.24, 2.45) is 0 Å². The van der Waals surface area contributed by atoms with Gasteiger partial charge in [-0.3, -0.25) is 9.59 Å². The molecular weight excluding hydrogens is 304 g/mol. The number of halogens is 1. The second kappa shape index (κ2) is 8.03. The summed E-state index contributed by atoms with van der Waals surface area (Å²) in [7, 11) is 1.57. The van der Waals surface area contributed by atoms with Gasteiger partial charge in [0.15, 0.2) is 0 Å². The quantitative estimate of drug-likeness (QED) is 0.843. The van der Waals surface area contributed by atoms with Crippen molar-refractivity contribution in [3.05, 3.63) is 29.8 Å². The normalized spacial score (nSPS) is 15.5. The molecular formula is C16H21ClN2O3. The zero-order chi connectivity index (χ0) is 15.9. The van der Waals surface area contributed by atoms with Crippen LogP contribution in [0, 0.1) is 0 Å². The highest BCUT2D eigenvalue weighted by Crippen LogP contribution is 2.15. The molecule has 0 unspecified atom stereocenters. The van der Waals surface area contributed by atoms with Crippen LogP contribution in [0.15, 0.2) is 24.3 Å². The minimum absolute atomic E-state index is 0.0903. The molecule has 22 heavy (non-hydrogen) atoms. The molecule has 0 atom stereocenters. The number of methoxy groups -OCH3 is 1. The first-order valence-electron chi connectivity index (χ1n) is 7.42. The number of rotatable bonds is 5. The number of nitrogens with zero attached hydrogens (tertiary/aromatic N) is 1. The standard InChI is InChI=1S/C16H21ClN2O3/c1-22-14-4-2-3-12(11-14)16(21)18-13-6-9-19(10-7-13)15(20)5-8-17/h2-4,11,13H,5-10H2,1H3,(H,18,21). The van der Waals surface area contributed by atoms with E-state index in [0.29, 0.717) is 36.7 Å². The molecule has 1 heterocycles. The summed E-state index contributed by atoms with van der Waals surface area (Å²) < 4.78 is 5.12. The third-order valence-electron chi connectivity index (χ3n) is 3.82. The van der Waals surface area contributed by atoms with Crippen LogP contribution in [-0.4, -0.2) is 48.8 Å². The third-order valence-corrected chi connectivity index (χ3v) is 4.01. The lowest BCUT2D eigenvalue weighted by molar-refractivity contribution is -0.131. The van der Waals surface area contributed by atoms with E-state index >= 15 is 0 Å². The van der Waals surface area contributed by atoms with Gasteiger partial charge in [-0.05, 0) is 31.0 Å². The third kappa shape index (κ3) is 4.37. The van der Waals surface area contributed by atoms with Crippen molar-refractivity contribution in [1.29, 1.82) is 0 Å². The second-order valence-corrected chi connectivity index (χ2v) is 5.68. The Kier molecular flexibility index (Phi) is 6.07. The largest absolute Gasteiger partial charge is 0.497 e. The maximum atomic E-state index is 12.2. The number of piperidine rings is 1. The molecule has 0 aliphatic carbocycles. The van der Waals surface area contributed by atoms with Gasteiger partial charge in [-0.15, -0.1) is 11.6 Å². The zero-order valence-electron chi connectivity index (χ0n) is 12.7. The van der Waals surface area contributed by atoms with Crippen LogP contribution in [0.5, 0.6) is 5.75 Å². The molecule has 2 amide bonds. The first-order chi connectivity index (χ1) is 10.6. The SMILES string of the molecule is COc1cccc(C(=O)NC2CCN(C(=O)CCCl)CC2)c1. The van der Waals surface area contributed by atoms with Gasteiger partial charge in [-0.1, -0.05) is 6.07 Å². The maximum absolute atomic E-state index is 12.2. The van der Waals surface area contributed by atoms with Gasteiger partial charge in [-0.2, -0.15) is 0 Å². The fraction of sp³-hybridized carbons (Fsp3) is 0.500. The topological polar surface area (TPSA) is 58.6 Å². The van der Waals surface area contributed by atoms with Crippen molar-refractivity contribution in [1.82, 2.24) is 10.2 Å². The van der Waals surface area contributed by atoms with Gasteiger partial charge in [0.1, 0.15) is 5.75 Å². The molecule has 5 nitrogen and oxygen atoms in total. The number of amides is 2. The molecule has 0 aromatic heterocycles. The summed E-state index contributed by atoms with van der Waals surface area (Å²) in [6.07, 6.45) is 1.91. The van der Waals surface area contributed by atoms with E-state index in [0.717, 1.165) is 12.8 Å². The van der Waals surface area contributed by atoms with E-state index in [4.69, 9.17) is 16.3 Å². The average molecular weight is 325 g/mol. The van der Waals surface area contributed by atoms with Gasteiger partial charge in [-0.25, -0.2) is 0 Å². The van der Waals surface area contributed by atoms with Crippen LogP contribution in [0.25, 0.3) is 0 Å². The van der Waals surface area contributed by atoms with Crippen molar-refractivity contribution in [3.8, 4) is 5.75 Å². The van der Waals surface area contributed by atoms with Crippen LogP contribution in [0.4, 0.5) is 0 Å². The number of hydrogen-bond donors (Lipinski definition) is 1. The van der Waals surface area contributed by atoms with Gasteiger partial charge >= 0.3 is 0 Å². The molecule has 0 bridgehead atoms. The summed E-state index contributed by atoms with van der Waals surface area (Å²) in [6, 6.07) is 7.17. The van der Waals surface area contributed by atoms with E-state index in [1.165, 1.54) is 0 Å². The molecule has 0 radical (unpaired) electrons. The molecule has 1 aromatic carbocycles. The summed E-state index contributed by atoms with van der Waals surface area (Å²) in [4.78, 5) is 25.8. The molecule has 1 fully saturated rings. The number of nitrogens with one attached hydrogen (secondary N) is 1. The number of carbonyl (C=O) groups excluding carboxylic acids is 2. The average Bonchev–Trinajstić information content (AvgIpc) is 2.55. The van der Waals surface area contributed by atoms with Crippen molar-refractivity contribution < 1.29 is 14.3 Å². The molecule has 6 heteroatoms. The minimum atomic E-state index is -0.107. The number of benzene rings is 1. The number of hydrogen-bond acceptors (Lipinski definition) is 3. The Morgan fingerprint density at radius 2 is 2.09 bits per heavy atom. The van der Waals surface area contributed by atoms with Crippen molar-refractivity contribution >= 4 is 23.4 Å². The van der Waals surface area contributed by atoms with Crippen LogP contribution < -0.4 is 10.1 Å². The van der Waals surface area contributed by atoms with E-state index in [-0.39, 0.29) is 17.9 Å². The second-order valence-electron chi connectivity index (χ2n) is 5.30. The highest BCUT2D eigenvalue weighted by molar-refractivity contribution is 6.18. The predicted molar refractivity (Wildman–Crippen MR) is 85.4 cm³/mol. The summed E-state index contributed by atoms with van der Waals surface area (Å²) in [5.74, 6) is 0.997. The Bertz CT molecular complexity index is 528. The summed E-state index contributed by atoms with van der Waals surface area (Å²) in [6.45, 7) is 1.33. The van der Waals surface area contributed by atoms with Crippen molar-refractivity contribution in [2.45, 2.75) is 25.3 Å². The first kappa shape index (κ1) is 16.6. The van der Waals surface area contributed by atoms with E-state index in [1.54, 1.807) is 31.4 Å². The van der Waals surface area contributed by atoms with Gasteiger partial charge in [0, 0.05) is 37.0 Å². The van der Waals surface area contributed by atoms with E-state index in [9.17, 15) is 9.59 Å². The Labute approximate surface area is 135 Å². The minimum Gasteiger partial charge on any atom is -0.497 e. The fourth-order valence-corrected chi connectivity index (χ4v) is 2.71. The number of alkyl halides is 1. The van der Waals surface area contributed by atoms with Gasteiger partial charge in [0.2, 0.25) is 5.91 Å². The Balaban J connectivity index is 1.85. The lowest BCUT2D eigenvalue weighted by Crippen LogP contribution is -2.46. The smallest absolute Gasteiger partial charge is 0.251 e. The van der Waals surface area contributed by atoms with Crippen LogP contribution in [0.3, 0.4) is 0 Å². The zero-order valence-corrected chi connectivity index (χ0v) is 13.4. The maximum Gasteiger partial charge on any atom is 0.251 e. The number of carbonyl (C=O) groups is 2. The van der Waals surface area contributed by atoms with Gasteiger partial charge in [0.05, 0.1) is 7.11 Å². The fourth-order valence-electron chi connectivity index (χ4n) is 2.55. The molecule has 1 aromatic rings. The molecule has 0 spiro atoms. The number of likely N-dealkylation sites (tertiary alicyclic amines) is 1. The molecule has 1 aliphatic rings. The molecule has 1 saturated heterocycles. The molecule has 120 valence electrons. The van der Waals surface area contributed by atoms with Crippen molar-refractivity contribution in [3.63, 3.8) is 0 Å². The predicted octanol–water partition coefficient (Wildman–Crippen LogP) is 2.04. The van der Waals surface area contributed by atoms with Crippen molar-refractivity contribution in [2.75, 3.05) is 26.1 Å². The molecule has 1 N–H and O–H groups in total. The van der Waals surface area contributed by atoms with E-state index in [1.807, 2.05) is 4.90 Å². The van der Waals surface area contributed by atoms with E-state index in [2.05, 4.69) is 5.32 Å². The molecule has 0 saturated carbocycles. The van der Waals surface area contributed by atoms with E-state index < -0.39 is 0 Å². The monoisotopic (exact) mass is 324 g/mol. The Morgan fingerprint density at radius 1 is 1.36 bits per heavy atom. The first-order valence-corrected chi connectivity index (χ1v) is 7.96.